The molecule has 208 valence electrons. The van der Waals surface area contributed by atoms with Crippen molar-refractivity contribution in [1.82, 2.24) is 9.80 Å². The smallest absolute Gasteiger partial charge is 0.409 e. The van der Waals surface area contributed by atoms with Crippen LogP contribution in [-0.4, -0.2) is 84.5 Å². The lowest BCUT2D eigenvalue weighted by Gasteiger charge is -2.59. The average molecular weight is 525 g/mol. The predicted octanol–water partition coefficient (Wildman–Crippen LogP) is 2.82. The molecule has 0 N–H and O–H groups in total. The van der Waals surface area contributed by atoms with Gasteiger partial charge in [-0.1, -0.05) is 13.8 Å². The molecular formula is C26H40N2O9. The molecule has 5 aliphatic heterocycles. The van der Waals surface area contributed by atoms with E-state index in [1.165, 1.54) is 0 Å². The number of fused-ring (bicyclic) bond motifs is 2. The molecule has 5 heterocycles. The van der Waals surface area contributed by atoms with Gasteiger partial charge < -0.3 is 28.7 Å². The minimum absolute atomic E-state index is 0.0399. The standard InChI is InChI=1S/C26H40N2O9/c1-5-32-24(31)28-14-12-27(13-15-28)20(29)8-9-21(30)33-22-17(3)19-7-6-16(2)18-10-11-25(4)35-23(34-22)26(18,19)37-36-25/h16-19,22-23H,5-15H2,1-4H3. The van der Waals surface area contributed by atoms with Crippen LogP contribution in [0, 0.1) is 23.7 Å². The van der Waals surface area contributed by atoms with Crippen molar-refractivity contribution < 1.29 is 43.1 Å². The average Bonchev–Trinajstić information content (AvgIpc) is 3.11. The first-order valence-electron chi connectivity index (χ1n) is 13.8. The molecule has 8 atom stereocenters. The minimum Gasteiger partial charge on any atom is -0.450 e. The molecule has 1 spiro atoms. The summed E-state index contributed by atoms with van der Waals surface area (Å²) in [6, 6.07) is 0. The number of hydrogen-bond donors (Lipinski definition) is 0. The van der Waals surface area contributed by atoms with Crippen LogP contribution in [0.25, 0.3) is 0 Å². The molecule has 0 aromatic heterocycles. The Bertz CT molecular complexity index is 893. The van der Waals surface area contributed by atoms with Crippen molar-refractivity contribution in [2.24, 2.45) is 23.7 Å². The second kappa shape index (κ2) is 10.3. The molecule has 6 aliphatic rings. The Balaban J connectivity index is 1.16. The zero-order valence-corrected chi connectivity index (χ0v) is 22.3. The van der Waals surface area contributed by atoms with Gasteiger partial charge in [-0.2, -0.15) is 0 Å². The van der Waals surface area contributed by atoms with Crippen LogP contribution in [0.1, 0.15) is 66.2 Å². The third kappa shape index (κ3) is 4.84. The van der Waals surface area contributed by atoms with Crippen molar-refractivity contribution in [3.05, 3.63) is 0 Å². The Morgan fingerprint density at radius 2 is 1.68 bits per heavy atom. The lowest BCUT2D eigenvalue weighted by atomic mass is 9.58. The largest absolute Gasteiger partial charge is 0.450 e. The van der Waals surface area contributed by atoms with Crippen LogP contribution in [0.3, 0.4) is 0 Å². The topological polar surface area (TPSA) is 113 Å². The fourth-order valence-corrected chi connectivity index (χ4v) is 6.92. The summed E-state index contributed by atoms with van der Waals surface area (Å²) in [6.07, 6.45) is 1.79. The molecule has 5 saturated heterocycles. The predicted molar refractivity (Wildman–Crippen MR) is 127 cm³/mol. The summed E-state index contributed by atoms with van der Waals surface area (Å²) >= 11 is 0. The summed E-state index contributed by atoms with van der Waals surface area (Å²) < 4.78 is 23.4. The second-order valence-electron chi connectivity index (χ2n) is 11.3. The van der Waals surface area contributed by atoms with Crippen molar-refractivity contribution in [1.29, 1.82) is 0 Å². The minimum atomic E-state index is -0.892. The quantitative estimate of drug-likeness (QED) is 0.396. The number of ether oxygens (including phenoxy) is 4. The van der Waals surface area contributed by atoms with Gasteiger partial charge >= 0.3 is 12.1 Å². The van der Waals surface area contributed by atoms with Crippen LogP contribution in [0.15, 0.2) is 0 Å². The molecular weight excluding hydrogens is 484 g/mol. The van der Waals surface area contributed by atoms with Gasteiger partial charge in [-0.3, -0.25) is 9.59 Å². The molecule has 0 radical (unpaired) electrons. The molecule has 1 saturated carbocycles. The summed E-state index contributed by atoms with van der Waals surface area (Å²) in [6.45, 7) is 9.87. The normalized spacial score (nSPS) is 41.0. The summed E-state index contributed by atoms with van der Waals surface area (Å²) in [4.78, 5) is 52.5. The van der Waals surface area contributed by atoms with Crippen LogP contribution in [0.5, 0.6) is 0 Å². The molecule has 0 aromatic carbocycles. The van der Waals surface area contributed by atoms with Crippen LogP contribution in [0.4, 0.5) is 4.79 Å². The fraction of sp³-hybridized carbons (Fsp3) is 0.885. The molecule has 37 heavy (non-hydrogen) atoms. The first-order chi connectivity index (χ1) is 17.7. The molecule has 2 bridgehead atoms. The maximum atomic E-state index is 12.8. The van der Waals surface area contributed by atoms with Crippen LogP contribution >= 0.6 is 0 Å². The van der Waals surface area contributed by atoms with E-state index in [-0.39, 0.29) is 42.6 Å². The van der Waals surface area contributed by atoms with Gasteiger partial charge in [0.1, 0.15) is 0 Å². The molecule has 0 aromatic rings. The monoisotopic (exact) mass is 524 g/mol. The highest BCUT2D eigenvalue weighted by Gasteiger charge is 2.69. The van der Waals surface area contributed by atoms with Gasteiger partial charge in [0, 0.05) is 50.9 Å². The maximum Gasteiger partial charge on any atom is 0.409 e. The van der Waals surface area contributed by atoms with E-state index in [9.17, 15) is 14.4 Å². The van der Waals surface area contributed by atoms with Crippen LogP contribution < -0.4 is 0 Å². The first-order valence-corrected chi connectivity index (χ1v) is 13.8. The number of nitrogens with zero attached hydrogens (tertiary/aromatic N) is 2. The summed E-state index contributed by atoms with van der Waals surface area (Å²) in [7, 11) is 0. The van der Waals surface area contributed by atoms with E-state index >= 15 is 0 Å². The number of esters is 1. The molecule has 8 unspecified atom stereocenters. The molecule has 11 nitrogen and oxygen atoms in total. The van der Waals surface area contributed by atoms with Gasteiger partial charge in [0.05, 0.1) is 13.0 Å². The van der Waals surface area contributed by atoms with Gasteiger partial charge in [-0.25, -0.2) is 14.6 Å². The molecule has 1 aliphatic carbocycles. The lowest BCUT2D eigenvalue weighted by molar-refractivity contribution is -0.576. The van der Waals surface area contributed by atoms with Crippen LogP contribution in [0.2, 0.25) is 0 Å². The highest BCUT2D eigenvalue weighted by molar-refractivity contribution is 5.81. The highest BCUT2D eigenvalue weighted by atomic mass is 17.3. The van der Waals surface area contributed by atoms with E-state index in [0.29, 0.717) is 45.1 Å². The Morgan fingerprint density at radius 1 is 0.946 bits per heavy atom. The van der Waals surface area contributed by atoms with E-state index in [2.05, 4.69) is 6.92 Å². The van der Waals surface area contributed by atoms with Gasteiger partial charge in [0.2, 0.25) is 18.0 Å². The zero-order valence-electron chi connectivity index (χ0n) is 22.3. The van der Waals surface area contributed by atoms with E-state index in [1.807, 2.05) is 13.8 Å². The second-order valence-corrected chi connectivity index (χ2v) is 11.3. The van der Waals surface area contributed by atoms with Gasteiger partial charge in [-0.15, -0.1) is 0 Å². The number of carbonyl (C=O) groups is 3. The molecule has 2 amide bonds. The zero-order chi connectivity index (χ0) is 26.4. The van der Waals surface area contributed by atoms with Crippen molar-refractivity contribution in [3.63, 3.8) is 0 Å². The fourth-order valence-electron chi connectivity index (χ4n) is 6.92. The molecule has 6 rings (SSSR count). The molecule has 6 fully saturated rings. The van der Waals surface area contributed by atoms with E-state index in [1.54, 1.807) is 16.7 Å². The first kappa shape index (κ1) is 26.6. The lowest BCUT2D eigenvalue weighted by Crippen LogP contribution is -2.70. The highest BCUT2D eigenvalue weighted by Crippen LogP contribution is 2.60. The summed E-state index contributed by atoms with van der Waals surface area (Å²) in [5.74, 6) is -0.871. The number of hydrogen-bond acceptors (Lipinski definition) is 9. The van der Waals surface area contributed by atoms with E-state index < -0.39 is 29.9 Å². The Kier molecular flexibility index (Phi) is 7.43. The van der Waals surface area contributed by atoms with Gasteiger partial charge in [-0.05, 0) is 44.9 Å². The summed E-state index contributed by atoms with van der Waals surface area (Å²) in [5, 5.41) is 0. The Hall–Kier alpha value is -1.95. The number of rotatable bonds is 5. The SMILES string of the molecule is CCOC(=O)N1CCN(C(=O)CCC(=O)OC2OC3OC4(C)CCC5C(C)CCC(C2C)C35OO4)CC1. The molecule has 11 heteroatoms. The van der Waals surface area contributed by atoms with E-state index in [4.69, 9.17) is 28.7 Å². The number of carbonyl (C=O) groups excluding carboxylic acids is 3. The summed E-state index contributed by atoms with van der Waals surface area (Å²) in [5.41, 5.74) is -0.711. The third-order valence-electron chi connectivity index (χ3n) is 9.05. The van der Waals surface area contributed by atoms with Gasteiger partial charge in [0.15, 0.2) is 11.9 Å². The number of piperazine rings is 1. The van der Waals surface area contributed by atoms with Crippen LogP contribution in [-0.2, 0) is 38.3 Å². The Labute approximate surface area is 217 Å². The maximum absolute atomic E-state index is 12.8. The van der Waals surface area contributed by atoms with Crippen molar-refractivity contribution in [2.75, 3.05) is 32.8 Å². The van der Waals surface area contributed by atoms with Gasteiger partial charge in [0.25, 0.3) is 0 Å². The van der Waals surface area contributed by atoms with Crippen molar-refractivity contribution in [2.45, 2.75) is 90.2 Å². The Morgan fingerprint density at radius 3 is 2.41 bits per heavy atom. The van der Waals surface area contributed by atoms with Crippen molar-refractivity contribution in [3.8, 4) is 0 Å². The van der Waals surface area contributed by atoms with Crippen molar-refractivity contribution >= 4 is 18.0 Å². The van der Waals surface area contributed by atoms with E-state index in [0.717, 1.165) is 19.3 Å². The third-order valence-corrected chi connectivity index (χ3v) is 9.05. The number of amides is 2.